The maximum atomic E-state index is 12.1. The highest BCUT2D eigenvalue weighted by Gasteiger charge is 2.44. The van der Waals surface area contributed by atoms with E-state index in [0.717, 1.165) is 0 Å². The van der Waals surface area contributed by atoms with E-state index in [1.54, 1.807) is 6.92 Å². The minimum Gasteiger partial charge on any atom is -0.486 e. The number of nitro groups is 1. The van der Waals surface area contributed by atoms with E-state index in [1.807, 2.05) is 0 Å². The number of nitrogens with one attached hydrogen (secondary N) is 1. The molecule has 0 saturated carbocycles. The van der Waals surface area contributed by atoms with Crippen molar-refractivity contribution >= 4 is 17.4 Å². The Kier molecular flexibility index (Phi) is 5.08. The molecule has 1 N–H and O–H groups in total. The Bertz CT molecular complexity index is 749. The number of hydrogen-bond donors (Lipinski definition) is 1. The van der Waals surface area contributed by atoms with E-state index < -0.39 is 28.9 Å². The highest BCUT2D eigenvalue weighted by atomic mass is 16.6. The fourth-order valence-corrected chi connectivity index (χ4v) is 3.41. The summed E-state index contributed by atoms with van der Waals surface area (Å²) >= 11 is 0. The maximum absolute atomic E-state index is 12.1. The lowest BCUT2D eigenvalue weighted by Crippen LogP contribution is -2.34. The van der Waals surface area contributed by atoms with E-state index >= 15 is 0 Å². The van der Waals surface area contributed by atoms with E-state index in [4.69, 9.17) is 14.2 Å². The van der Waals surface area contributed by atoms with Crippen LogP contribution >= 0.6 is 0 Å². The van der Waals surface area contributed by atoms with Crippen LogP contribution in [0.25, 0.3) is 0 Å². The fraction of sp³-hybridized carbons (Fsp3) is 0.529. The molecule has 1 saturated heterocycles. The van der Waals surface area contributed by atoms with Crippen molar-refractivity contribution in [3.05, 3.63) is 27.8 Å². The number of hydrogen-bond acceptors (Lipinski definition) is 8. The van der Waals surface area contributed by atoms with Crippen molar-refractivity contribution in [2.75, 3.05) is 19.8 Å². The van der Waals surface area contributed by atoms with Crippen LogP contribution < -0.4 is 14.8 Å². The van der Waals surface area contributed by atoms with Crippen LogP contribution in [-0.2, 0) is 14.3 Å². The van der Waals surface area contributed by atoms with Gasteiger partial charge in [-0.3, -0.25) is 25.0 Å². The molecule has 0 spiro atoms. The third-order valence-corrected chi connectivity index (χ3v) is 4.59. The Hall–Kier alpha value is -2.68. The lowest BCUT2D eigenvalue weighted by atomic mass is 9.89. The number of esters is 1. The highest BCUT2D eigenvalue weighted by molar-refractivity contribution is 5.83. The molecular formula is C17H20N2O7. The zero-order valence-electron chi connectivity index (χ0n) is 14.5. The third-order valence-electron chi connectivity index (χ3n) is 4.59. The minimum atomic E-state index is -0.693. The van der Waals surface area contributed by atoms with E-state index in [-0.39, 0.29) is 24.5 Å². The zero-order chi connectivity index (χ0) is 18.8. The van der Waals surface area contributed by atoms with Crippen molar-refractivity contribution in [2.24, 2.45) is 5.92 Å². The van der Waals surface area contributed by atoms with Gasteiger partial charge in [0.15, 0.2) is 11.5 Å². The van der Waals surface area contributed by atoms with Gasteiger partial charge >= 0.3 is 5.97 Å². The van der Waals surface area contributed by atoms with Gasteiger partial charge in [-0.2, -0.15) is 0 Å². The van der Waals surface area contributed by atoms with Crippen LogP contribution in [0.15, 0.2) is 12.1 Å². The Morgan fingerprint density at radius 1 is 1.31 bits per heavy atom. The zero-order valence-corrected chi connectivity index (χ0v) is 14.5. The predicted octanol–water partition coefficient (Wildman–Crippen LogP) is 1.54. The first-order chi connectivity index (χ1) is 12.4. The SMILES string of the molecule is CCOC(=O)[C@H]1C[C@@H](C(C)=O)[C@@H](c2cc3c(cc2[N+](=O)[O-])OCCO3)N1. The summed E-state index contributed by atoms with van der Waals surface area (Å²) in [5.74, 6) is -0.517. The number of Topliss-reactive ketones (excluding diaryl/α,β-unsaturated/α-hetero) is 1. The molecule has 26 heavy (non-hydrogen) atoms. The molecule has 0 aliphatic carbocycles. The molecule has 140 valence electrons. The van der Waals surface area contributed by atoms with Gasteiger partial charge in [0.05, 0.1) is 23.2 Å². The van der Waals surface area contributed by atoms with E-state index in [2.05, 4.69) is 5.32 Å². The van der Waals surface area contributed by atoms with Crippen molar-refractivity contribution in [3.63, 3.8) is 0 Å². The number of ether oxygens (including phenoxy) is 3. The fourth-order valence-electron chi connectivity index (χ4n) is 3.41. The van der Waals surface area contributed by atoms with Gasteiger partial charge in [-0.15, -0.1) is 0 Å². The summed E-state index contributed by atoms with van der Waals surface area (Å²) in [5, 5.41) is 14.6. The van der Waals surface area contributed by atoms with Crippen LogP contribution in [0.5, 0.6) is 11.5 Å². The van der Waals surface area contributed by atoms with Gasteiger partial charge in [0.2, 0.25) is 0 Å². The smallest absolute Gasteiger partial charge is 0.323 e. The van der Waals surface area contributed by atoms with Crippen molar-refractivity contribution < 1.29 is 28.7 Å². The average Bonchev–Trinajstić information content (AvgIpc) is 3.06. The topological polar surface area (TPSA) is 117 Å². The maximum Gasteiger partial charge on any atom is 0.323 e. The molecule has 2 aliphatic rings. The number of carbonyl (C=O) groups is 2. The molecule has 1 aromatic rings. The number of nitro benzene ring substituents is 1. The number of benzene rings is 1. The normalized spacial score (nSPS) is 24.2. The molecule has 9 heteroatoms. The molecule has 3 atom stereocenters. The summed E-state index contributed by atoms with van der Waals surface area (Å²) < 4.78 is 15.9. The lowest BCUT2D eigenvalue weighted by molar-refractivity contribution is -0.385. The standard InChI is InChI=1S/C17H20N2O7/c1-3-24-17(21)12-6-10(9(2)20)16(18-12)11-7-14-15(26-5-4-25-14)8-13(11)19(22)23/h7-8,10,12,16,18H,3-6H2,1-2H3/t10-,12+,16-/m0/s1. The molecule has 9 nitrogen and oxygen atoms in total. The number of carbonyl (C=O) groups excluding carboxylic acids is 2. The van der Waals surface area contributed by atoms with Gasteiger partial charge < -0.3 is 14.2 Å². The van der Waals surface area contributed by atoms with Crippen LogP contribution in [0.3, 0.4) is 0 Å². The minimum absolute atomic E-state index is 0.154. The van der Waals surface area contributed by atoms with Gasteiger partial charge in [0.1, 0.15) is 25.0 Å². The van der Waals surface area contributed by atoms with Gasteiger partial charge in [0.25, 0.3) is 5.69 Å². The summed E-state index contributed by atoms with van der Waals surface area (Å²) in [6.07, 6.45) is 0.227. The quantitative estimate of drug-likeness (QED) is 0.475. The van der Waals surface area contributed by atoms with E-state index in [9.17, 15) is 19.7 Å². The third kappa shape index (κ3) is 3.34. The van der Waals surface area contributed by atoms with Gasteiger partial charge in [-0.1, -0.05) is 0 Å². The highest BCUT2D eigenvalue weighted by Crippen LogP contribution is 2.43. The first kappa shape index (κ1) is 18.1. The molecule has 2 heterocycles. The molecule has 0 radical (unpaired) electrons. The van der Waals surface area contributed by atoms with Crippen molar-refractivity contribution in [3.8, 4) is 11.5 Å². The summed E-state index contributed by atoms with van der Waals surface area (Å²) in [6.45, 7) is 3.97. The monoisotopic (exact) mass is 364 g/mol. The van der Waals surface area contributed by atoms with Gasteiger partial charge in [0, 0.05) is 12.0 Å². The Labute approximate surface area is 149 Å². The summed E-state index contributed by atoms with van der Waals surface area (Å²) in [4.78, 5) is 35.2. The largest absolute Gasteiger partial charge is 0.486 e. The Morgan fingerprint density at radius 3 is 2.54 bits per heavy atom. The number of nitrogens with zero attached hydrogens (tertiary/aromatic N) is 1. The molecule has 1 aromatic carbocycles. The second-order valence-electron chi connectivity index (χ2n) is 6.21. The number of fused-ring (bicyclic) bond motifs is 1. The van der Waals surface area contributed by atoms with Crippen LogP contribution in [0.1, 0.15) is 31.9 Å². The second kappa shape index (κ2) is 7.28. The van der Waals surface area contributed by atoms with Crippen molar-refractivity contribution in [1.82, 2.24) is 5.32 Å². The molecule has 1 fully saturated rings. The van der Waals surface area contributed by atoms with Crippen LogP contribution in [0.4, 0.5) is 5.69 Å². The van der Waals surface area contributed by atoms with E-state index in [1.165, 1.54) is 19.1 Å². The second-order valence-corrected chi connectivity index (χ2v) is 6.21. The van der Waals surface area contributed by atoms with Gasteiger partial charge in [-0.25, -0.2) is 0 Å². The van der Waals surface area contributed by atoms with Gasteiger partial charge in [-0.05, 0) is 26.3 Å². The summed E-state index contributed by atoms with van der Waals surface area (Å²) in [7, 11) is 0. The number of rotatable bonds is 5. The van der Waals surface area contributed by atoms with Crippen molar-refractivity contribution in [1.29, 1.82) is 0 Å². The molecule has 0 unspecified atom stereocenters. The first-order valence-electron chi connectivity index (χ1n) is 8.43. The molecule has 0 bridgehead atoms. The van der Waals surface area contributed by atoms with Crippen LogP contribution in [0.2, 0.25) is 0 Å². The predicted molar refractivity (Wildman–Crippen MR) is 89.2 cm³/mol. The Balaban J connectivity index is 2.01. The molecule has 3 rings (SSSR count). The summed E-state index contributed by atoms with van der Waals surface area (Å²) in [5.41, 5.74) is 0.119. The molecule has 2 aliphatic heterocycles. The number of ketones is 1. The van der Waals surface area contributed by atoms with Crippen LogP contribution in [-0.4, -0.2) is 42.5 Å². The average molecular weight is 364 g/mol. The first-order valence-corrected chi connectivity index (χ1v) is 8.43. The van der Waals surface area contributed by atoms with E-state index in [0.29, 0.717) is 30.3 Å². The Morgan fingerprint density at radius 2 is 1.96 bits per heavy atom. The summed E-state index contributed by atoms with van der Waals surface area (Å²) in [6, 6.07) is 1.45. The molecule has 0 aromatic heterocycles. The van der Waals surface area contributed by atoms with Crippen molar-refractivity contribution in [2.45, 2.75) is 32.4 Å². The molecular weight excluding hydrogens is 344 g/mol. The lowest BCUT2D eigenvalue weighted by Gasteiger charge is -2.22. The van der Waals surface area contributed by atoms with Crippen LogP contribution in [0, 0.1) is 16.0 Å². The molecule has 0 amide bonds.